The predicted octanol–water partition coefficient (Wildman–Crippen LogP) is 4.58. The molecule has 152 valence electrons. The van der Waals surface area contributed by atoms with E-state index in [-0.39, 0.29) is 16.7 Å². The van der Waals surface area contributed by atoms with Crippen LogP contribution in [0.5, 0.6) is 0 Å². The Labute approximate surface area is 174 Å². The third-order valence-electron chi connectivity index (χ3n) is 5.35. The van der Waals surface area contributed by atoms with Crippen molar-refractivity contribution < 1.29 is 4.79 Å². The van der Waals surface area contributed by atoms with E-state index in [4.69, 9.17) is 4.98 Å². The molecule has 0 radical (unpaired) electrons. The average molecular weight is 420 g/mol. The van der Waals surface area contributed by atoms with Gasteiger partial charge in [-0.3, -0.25) is 14.2 Å². The van der Waals surface area contributed by atoms with Crippen molar-refractivity contribution in [2.45, 2.75) is 76.8 Å². The topological polar surface area (TPSA) is 64.0 Å². The Balaban J connectivity index is 1.69. The number of hydrogen-bond acceptors (Lipinski definition) is 5. The lowest BCUT2D eigenvalue weighted by molar-refractivity contribution is -0.120. The van der Waals surface area contributed by atoms with Crippen molar-refractivity contribution in [3.8, 4) is 0 Å². The number of nitrogens with zero attached hydrogens (tertiary/aromatic N) is 2. The number of hydrogen-bond donors (Lipinski definition) is 1. The molecule has 1 amide bonds. The van der Waals surface area contributed by atoms with Crippen molar-refractivity contribution in [2.75, 3.05) is 6.54 Å². The van der Waals surface area contributed by atoms with Crippen LogP contribution in [0.25, 0.3) is 10.2 Å². The monoisotopic (exact) mass is 419 g/mol. The fraction of sp³-hybridized carbons (Fsp3) is 0.571. The van der Waals surface area contributed by atoms with Crippen LogP contribution in [0.15, 0.2) is 21.6 Å². The van der Waals surface area contributed by atoms with Crippen LogP contribution in [0.1, 0.15) is 56.4 Å². The highest BCUT2D eigenvalue weighted by Gasteiger charge is 2.21. The summed E-state index contributed by atoms with van der Waals surface area (Å²) in [6.07, 6.45) is 8.12. The van der Waals surface area contributed by atoms with E-state index < -0.39 is 0 Å². The van der Waals surface area contributed by atoms with E-state index in [1.807, 2.05) is 27.7 Å². The second kappa shape index (κ2) is 9.27. The molecular weight excluding hydrogens is 390 g/mol. The summed E-state index contributed by atoms with van der Waals surface area (Å²) in [7, 11) is 0. The number of allylic oxidation sites excluding steroid dienone is 1. The molecule has 0 aliphatic heterocycles. The summed E-state index contributed by atoms with van der Waals surface area (Å²) in [4.78, 5) is 32.1. The normalized spacial score (nSPS) is 15.5. The van der Waals surface area contributed by atoms with Gasteiger partial charge in [0.1, 0.15) is 4.83 Å². The smallest absolute Gasteiger partial charge is 0.263 e. The number of nitrogens with one attached hydrogen (secondary N) is 1. The zero-order valence-electron chi connectivity index (χ0n) is 17.1. The molecule has 2 heterocycles. The first-order chi connectivity index (χ1) is 13.4. The van der Waals surface area contributed by atoms with E-state index >= 15 is 0 Å². The van der Waals surface area contributed by atoms with Crippen LogP contribution in [-0.4, -0.2) is 27.3 Å². The van der Waals surface area contributed by atoms with Gasteiger partial charge in [0, 0.05) is 18.0 Å². The van der Waals surface area contributed by atoms with E-state index in [1.165, 1.54) is 36.6 Å². The maximum atomic E-state index is 12.9. The Bertz CT molecular complexity index is 959. The molecule has 0 unspecified atom stereocenters. The number of carbonyl (C=O) groups is 1. The van der Waals surface area contributed by atoms with Crippen molar-refractivity contribution in [3.63, 3.8) is 0 Å². The third kappa shape index (κ3) is 4.51. The van der Waals surface area contributed by atoms with Crippen molar-refractivity contribution in [1.29, 1.82) is 0 Å². The highest BCUT2D eigenvalue weighted by molar-refractivity contribution is 8.00. The van der Waals surface area contributed by atoms with Gasteiger partial charge < -0.3 is 5.32 Å². The number of fused-ring (bicyclic) bond motifs is 1. The lowest BCUT2D eigenvalue weighted by Crippen LogP contribution is -2.32. The fourth-order valence-corrected chi connectivity index (χ4v) is 5.58. The molecule has 2 aromatic heterocycles. The minimum Gasteiger partial charge on any atom is -0.355 e. The minimum absolute atomic E-state index is 0.00282. The summed E-state index contributed by atoms with van der Waals surface area (Å²) in [5.74, 6) is -0.00282. The Kier molecular flexibility index (Phi) is 6.99. The second-order valence-corrected chi connectivity index (χ2v) is 9.83. The van der Waals surface area contributed by atoms with Gasteiger partial charge in [-0.25, -0.2) is 4.98 Å². The molecular formula is C21H29N3O2S2. The number of thiophene rings is 1. The molecule has 0 aromatic carbocycles. The Hall–Kier alpha value is -1.60. The first-order valence-electron chi connectivity index (χ1n) is 10.0. The van der Waals surface area contributed by atoms with Crippen LogP contribution in [0.2, 0.25) is 0 Å². The average Bonchev–Trinajstić information content (AvgIpc) is 2.96. The molecule has 0 fully saturated rings. The molecule has 1 atom stereocenters. The lowest BCUT2D eigenvalue weighted by Gasteiger charge is -2.16. The Morgan fingerprint density at radius 3 is 2.86 bits per heavy atom. The van der Waals surface area contributed by atoms with Crippen molar-refractivity contribution in [1.82, 2.24) is 14.9 Å². The SMILES string of the molecule is CCn1c(S[C@H](C)C(=O)NCCC2=CCCCC2)nc2sc(C)c(C)c2c1=O. The molecule has 1 aliphatic carbocycles. The Morgan fingerprint density at radius 2 is 2.18 bits per heavy atom. The van der Waals surface area contributed by atoms with E-state index in [2.05, 4.69) is 11.4 Å². The second-order valence-electron chi connectivity index (χ2n) is 7.32. The van der Waals surface area contributed by atoms with Gasteiger partial charge >= 0.3 is 0 Å². The fourth-order valence-electron chi connectivity index (χ4n) is 3.51. The van der Waals surface area contributed by atoms with Crippen LogP contribution in [0.4, 0.5) is 0 Å². The van der Waals surface area contributed by atoms with Gasteiger partial charge in [0.25, 0.3) is 5.56 Å². The summed E-state index contributed by atoms with van der Waals surface area (Å²) in [5, 5.41) is 4.08. The molecule has 7 heteroatoms. The van der Waals surface area contributed by atoms with Gasteiger partial charge in [-0.15, -0.1) is 11.3 Å². The molecule has 0 bridgehead atoms. The number of amides is 1. The molecule has 1 aliphatic rings. The van der Waals surface area contributed by atoms with Crippen molar-refractivity contribution in [2.24, 2.45) is 0 Å². The van der Waals surface area contributed by atoms with E-state index in [9.17, 15) is 9.59 Å². The summed E-state index contributed by atoms with van der Waals surface area (Å²) < 4.78 is 1.68. The molecule has 0 saturated carbocycles. The predicted molar refractivity (Wildman–Crippen MR) is 119 cm³/mol. The first-order valence-corrected chi connectivity index (χ1v) is 11.7. The summed E-state index contributed by atoms with van der Waals surface area (Å²) in [6, 6.07) is 0. The van der Waals surface area contributed by atoms with Gasteiger partial charge in [-0.1, -0.05) is 23.4 Å². The van der Waals surface area contributed by atoms with E-state index in [0.717, 1.165) is 28.1 Å². The zero-order valence-corrected chi connectivity index (χ0v) is 18.8. The lowest BCUT2D eigenvalue weighted by atomic mass is 9.97. The van der Waals surface area contributed by atoms with Gasteiger partial charge in [0.2, 0.25) is 5.91 Å². The van der Waals surface area contributed by atoms with Crippen LogP contribution < -0.4 is 10.9 Å². The molecule has 2 aromatic rings. The highest BCUT2D eigenvalue weighted by Crippen LogP contribution is 2.29. The summed E-state index contributed by atoms with van der Waals surface area (Å²) >= 11 is 2.91. The van der Waals surface area contributed by atoms with Gasteiger partial charge in [0.15, 0.2) is 5.16 Å². The van der Waals surface area contributed by atoms with E-state index in [0.29, 0.717) is 23.6 Å². The molecule has 28 heavy (non-hydrogen) atoms. The van der Waals surface area contributed by atoms with Crippen molar-refractivity contribution >= 4 is 39.2 Å². The largest absolute Gasteiger partial charge is 0.355 e. The standard InChI is InChI=1S/C21H29N3O2S2/c1-5-24-20(26)17-13(2)14(3)27-19(17)23-21(24)28-15(4)18(25)22-12-11-16-9-7-6-8-10-16/h9,15H,5-8,10-12H2,1-4H3,(H,22,25)/t15-/m1/s1. The first kappa shape index (κ1) is 21.1. The van der Waals surface area contributed by atoms with Crippen LogP contribution in [-0.2, 0) is 11.3 Å². The number of rotatable bonds is 7. The molecule has 5 nitrogen and oxygen atoms in total. The Morgan fingerprint density at radius 1 is 1.39 bits per heavy atom. The number of aryl methyl sites for hydroxylation is 2. The van der Waals surface area contributed by atoms with Crippen LogP contribution in [0, 0.1) is 13.8 Å². The maximum absolute atomic E-state index is 12.9. The number of aromatic nitrogens is 2. The molecule has 0 spiro atoms. The van der Waals surface area contributed by atoms with Gasteiger partial charge in [0.05, 0.1) is 10.6 Å². The van der Waals surface area contributed by atoms with Crippen LogP contribution in [0.3, 0.4) is 0 Å². The third-order valence-corrected chi connectivity index (χ3v) is 7.54. The summed E-state index contributed by atoms with van der Waals surface area (Å²) in [6.45, 7) is 9.02. The number of thioether (sulfide) groups is 1. The molecule has 0 saturated heterocycles. The van der Waals surface area contributed by atoms with Crippen molar-refractivity contribution in [3.05, 3.63) is 32.4 Å². The maximum Gasteiger partial charge on any atom is 0.263 e. The molecule has 1 N–H and O–H groups in total. The zero-order chi connectivity index (χ0) is 20.3. The minimum atomic E-state index is -0.301. The quantitative estimate of drug-likeness (QED) is 0.405. The van der Waals surface area contributed by atoms with Gasteiger partial charge in [-0.2, -0.15) is 0 Å². The molecule has 3 rings (SSSR count). The van der Waals surface area contributed by atoms with E-state index in [1.54, 1.807) is 15.9 Å². The van der Waals surface area contributed by atoms with Gasteiger partial charge in [-0.05, 0) is 65.4 Å². The highest BCUT2D eigenvalue weighted by atomic mass is 32.2. The number of carbonyl (C=O) groups excluding carboxylic acids is 1. The summed E-state index contributed by atoms with van der Waals surface area (Å²) in [5.41, 5.74) is 2.47. The van der Waals surface area contributed by atoms with Crippen LogP contribution >= 0.6 is 23.1 Å².